The summed E-state index contributed by atoms with van der Waals surface area (Å²) in [6.45, 7) is 1.93. The molecule has 7 nitrogen and oxygen atoms in total. The summed E-state index contributed by atoms with van der Waals surface area (Å²) in [5.41, 5.74) is 2.22. The van der Waals surface area contributed by atoms with E-state index in [1.165, 1.54) is 30.2 Å². The number of fused-ring (bicyclic) bond motifs is 1. The normalized spacial score (nSPS) is 11.5. The van der Waals surface area contributed by atoms with Gasteiger partial charge in [0.25, 0.3) is 5.91 Å². The Hall–Kier alpha value is -2.91. The lowest BCUT2D eigenvalue weighted by atomic mass is 10.2. The van der Waals surface area contributed by atoms with Gasteiger partial charge in [-0.3, -0.25) is 9.59 Å². The fraction of sp³-hybridized carbons (Fsp3) is 0.273. The molecule has 0 saturated carbocycles. The van der Waals surface area contributed by atoms with Crippen molar-refractivity contribution in [3.63, 3.8) is 0 Å². The van der Waals surface area contributed by atoms with Crippen molar-refractivity contribution in [1.29, 1.82) is 0 Å². The Bertz CT molecular complexity index is 1150. The van der Waals surface area contributed by atoms with Crippen LogP contribution in [0.4, 0.5) is 0 Å². The largest absolute Gasteiger partial charge is 0.468 e. The number of thiazole rings is 1. The number of amides is 1. The van der Waals surface area contributed by atoms with E-state index in [2.05, 4.69) is 4.99 Å². The first kappa shape index (κ1) is 22.8. The highest BCUT2D eigenvalue weighted by atomic mass is 32.2. The van der Waals surface area contributed by atoms with Crippen molar-refractivity contribution in [2.75, 3.05) is 19.5 Å². The summed E-state index contributed by atoms with van der Waals surface area (Å²) in [7, 11) is 1.30. The fourth-order valence-electron chi connectivity index (χ4n) is 2.82. The Morgan fingerprint density at radius 3 is 2.61 bits per heavy atom. The van der Waals surface area contributed by atoms with Gasteiger partial charge in [-0.1, -0.05) is 41.7 Å². The number of ether oxygens (including phenoxy) is 2. The molecule has 3 aromatic rings. The van der Waals surface area contributed by atoms with Crippen molar-refractivity contribution < 1.29 is 23.9 Å². The number of carbonyl (C=O) groups is 3. The van der Waals surface area contributed by atoms with E-state index in [0.717, 1.165) is 10.3 Å². The smallest absolute Gasteiger partial charge is 0.338 e. The van der Waals surface area contributed by atoms with Crippen LogP contribution in [0.1, 0.15) is 22.8 Å². The van der Waals surface area contributed by atoms with Gasteiger partial charge in [0.1, 0.15) is 6.54 Å². The van der Waals surface area contributed by atoms with Crippen molar-refractivity contribution in [3.8, 4) is 0 Å². The number of nitrogens with zero attached hydrogens (tertiary/aromatic N) is 2. The van der Waals surface area contributed by atoms with Crippen LogP contribution >= 0.6 is 23.1 Å². The molecule has 0 aliphatic heterocycles. The number of rotatable bonds is 8. The molecule has 0 N–H and O–H groups in total. The van der Waals surface area contributed by atoms with Crippen molar-refractivity contribution in [1.82, 2.24) is 4.57 Å². The molecule has 0 unspecified atom stereocenters. The SMILES string of the molecule is CCOC(=O)c1ccc2c(c1)sc(=NC(=O)CSCc1ccccc1)n2CC(=O)OC. The third-order valence-electron chi connectivity index (χ3n) is 4.27. The second-order valence-electron chi connectivity index (χ2n) is 6.43. The summed E-state index contributed by atoms with van der Waals surface area (Å²) in [5.74, 6) is -0.253. The first-order chi connectivity index (χ1) is 15.0. The lowest BCUT2D eigenvalue weighted by molar-refractivity contribution is -0.141. The first-order valence-corrected chi connectivity index (χ1v) is 11.6. The second-order valence-corrected chi connectivity index (χ2v) is 8.43. The average Bonchev–Trinajstić information content (AvgIpc) is 3.10. The number of benzene rings is 2. The zero-order valence-corrected chi connectivity index (χ0v) is 18.8. The summed E-state index contributed by atoms with van der Waals surface area (Å²) in [5, 5.41) is 0. The van der Waals surface area contributed by atoms with Crippen LogP contribution in [0.5, 0.6) is 0 Å². The molecule has 0 aliphatic rings. The van der Waals surface area contributed by atoms with Gasteiger partial charge >= 0.3 is 11.9 Å². The maximum Gasteiger partial charge on any atom is 0.338 e. The molecule has 1 heterocycles. The third-order valence-corrected chi connectivity index (χ3v) is 6.30. The van der Waals surface area contributed by atoms with Gasteiger partial charge in [-0.2, -0.15) is 4.99 Å². The Kier molecular flexibility index (Phi) is 8.02. The second kappa shape index (κ2) is 10.9. The number of hydrogen-bond acceptors (Lipinski definition) is 7. The third kappa shape index (κ3) is 6.05. The maximum absolute atomic E-state index is 12.5. The molecule has 0 bridgehead atoms. The number of aromatic nitrogens is 1. The van der Waals surface area contributed by atoms with Crippen LogP contribution in [-0.2, 0) is 31.4 Å². The lowest BCUT2D eigenvalue weighted by Gasteiger charge is -2.05. The summed E-state index contributed by atoms with van der Waals surface area (Å²) in [6, 6.07) is 14.9. The molecule has 3 rings (SSSR count). The molecule has 0 atom stereocenters. The van der Waals surface area contributed by atoms with Crippen molar-refractivity contribution in [2.24, 2.45) is 4.99 Å². The number of thioether (sulfide) groups is 1. The summed E-state index contributed by atoms with van der Waals surface area (Å²) >= 11 is 2.71. The molecule has 0 spiro atoms. The Balaban J connectivity index is 1.87. The molecule has 0 aliphatic carbocycles. The van der Waals surface area contributed by atoms with Crippen molar-refractivity contribution >= 4 is 51.2 Å². The zero-order valence-electron chi connectivity index (χ0n) is 17.2. The lowest BCUT2D eigenvalue weighted by Crippen LogP contribution is -2.22. The van der Waals surface area contributed by atoms with Crippen LogP contribution in [0.3, 0.4) is 0 Å². The minimum atomic E-state index is -0.457. The molecular weight excluding hydrogens is 436 g/mol. The molecule has 162 valence electrons. The summed E-state index contributed by atoms with van der Waals surface area (Å²) in [6.07, 6.45) is 0. The number of methoxy groups -OCH3 is 1. The molecule has 0 saturated heterocycles. The molecule has 1 amide bonds. The van der Waals surface area contributed by atoms with E-state index in [1.807, 2.05) is 30.3 Å². The number of carbonyl (C=O) groups excluding carboxylic acids is 3. The average molecular weight is 459 g/mol. The molecule has 9 heteroatoms. The monoisotopic (exact) mass is 458 g/mol. The highest BCUT2D eigenvalue weighted by Crippen LogP contribution is 2.20. The number of esters is 2. The Morgan fingerprint density at radius 2 is 1.90 bits per heavy atom. The molecule has 1 aromatic heterocycles. The van der Waals surface area contributed by atoms with Crippen LogP contribution in [0, 0.1) is 0 Å². The topological polar surface area (TPSA) is 87.0 Å². The minimum Gasteiger partial charge on any atom is -0.468 e. The van der Waals surface area contributed by atoms with Crippen LogP contribution in [0.2, 0.25) is 0 Å². The van der Waals surface area contributed by atoms with Gasteiger partial charge in [-0.05, 0) is 30.7 Å². The predicted octanol–water partition coefficient (Wildman–Crippen LogP) is 3.41. The summed E-state index contributed by atoms with van der Waals surface area (Å²) in [4.78, 5) is 41.0. The Labute approximate surface area is 187 Å². The summed E-state index contributed by atoms with van der Waals surface area (Å²) < 4.78 is 12.2. The van der Waals surface area contributed by atoms with E-state index in [-0.39, 0.29) is 24.8 Å². The van der Waals surface area contributed by atoms with Gasteiger partial charge < -0.3 is 14.0 Å². The van der Waals surface area contributed by atoms with E-state index >= 15 is 0 Å². The molecule has 2 aromatic carbocycles. The van der Waals surface area contributed by atoms with Gasteiger partial charge in [-0.25, -0.2) is 4.79 Å². The van der Waals surface area contributed by atoms with Gasteiger partial charge in [0.2, 0.25) is 0 Å². The van der Waals surface area contributed by atoms with Gasteiger partial charge in [0.15, 0.2) is 4.80 Å². The molecule has 0 radical (unpaired) electrons. The van der Waals surface area contributed by atoms with Crippen molar-refractivity contribution in [3.05, 3.63) is 64.5 Å². The quantitative estimate of drug-likeness (QED) is 0.481. The van der Waals surface area contributed by atoms with E-state index < -0.39 is 11.9 Å². The predicted molar refractivity (Wildman–Crippen MR) is 121 cm³/mol. The van der Waals surface area contributed by atoms with E-state index in [9.17, 15) is 14.4 Å². The molecule has 31 heavy (non-hydrogen) atoms. The van der Waals surface area contributed by atoms with Gasteiger partial charge in [0.05, 0.1) is 35.2 Å². The van der Waals surface area contributed by atoms with Crippen LogP contribution in [0.15, 0.2) is 53.5 Å². The van der Waals surface area contributed by atoms with Crippen LogP contribution in [-0.4, -0.2) is 41.9 Å². The van der Waals surface area contributed by atoms with E-state index in [0.29, 0.717) is 21.6 Å². The van der Waals surface area contributed by atoms with Gasteiger partial charge in [0, 0.05) is 5.75 Å². The highest BCUT2D eigenvalue weighted by molar-refractivity contribution is 7.99. The zero-order chi connectivity index (χ0) is 22.2. The fourth-order valence-corrected chi connectivity index (χ4v) is 4.67. The van der Waals surface area contributed by atoms with E-state index in [4.69, 9.17) is 9.47 Å². The maximum atomic E-state index is 12.5. The van der Waals surface area contributed by atoms with Gasteiger partial charge in [-0.15, -0.1) is 11.8 Å². The highest BCUT2D eigenvalue weighted by Gasteiger charge is 2.15. The van der Waals surface area contributed by atoms with Crippen LogP contribution < -0.4 is 4.80 Å². The first-order valence-electron chi connectivity index (χ1n) is 9.58. The standard InChI is InChI=1S/C22H22N2O5S2/c1-3-29-21(27)16-9-10-17-18(11-16)31-22(24(17)12-20(26)28-2)23-19(25)14-30-13-15-7-5-4-6-8-15/h4-11H,3,12-14H2,1-2H3. The van der Waals surface area contributed by atoms with Crippen molar-refractivity contribution in [2.45, 2.75) is 19.2 Å². The number of hydrogen-bond donors (Lipinski definition) is 0. The molecular formula is C22H22N2O5S2. The van der Waals surface area contributed by atoms with E-state index in [1.54, 1.807) is 29.7 Å². The molecule has 0 fully saturated rings. The Morgan fingerprint density at radius 1 is 1.13 bits per heavy atom. The minimum absolute atomic E-state index is 0.0848. The van der Waals surface area contributed by atoms with Crippen LogP contribution in [0.25, 0.3) is 10.2 Å².